The molecule has 0 saturated carbocycles. The molecule has 4 nitrogen and oxygen atoms in total. The number of nitrogens with two attached hydrogens (primary N) is 1. The van der Waals surface area contributed by atoms with E-state index in [2.05, 4.69) is 11.7 Å². The maximum Gasteiger partial charge on any atom is 0.183 e. The van der Waals surface area contributed by atoms with Crippen molar-refractivity contribution in [3.05, 3.63) is 46.2 Å². The number of hydrogen-bond donors (Lipinski definition) is 1. The van der Waals surface area contributed by atoms with E-state index in [1.807, 2.05) is 0 Å². The molecule has 0 saturated heterocycles. The number of benzene rings is 2. The summed E-state index contributed by atoms with van der Waals surface area (Å²) < 4.78 is 19.4. The van der Waals surface area contributed by atoms with Crippen LogP contribution >= 0.6 is 11.6 Å². The molecule has 0 radical (unpaired) electrons. The van der Waals surface area contributed by atoms with Gasteiger partial charge >= 0.3 is 0 Å². The number of hydrogen-bond acceptors (Lipinski definition) is 4. The van der Waals surface area contributed by atoms with Gasteiger partial charge in [-0.25, -0.2) is 4.39 Å². The van der Waals surface area contributed by atoms with E-state index < -0.39 is 5.82 Å². The molecule has 2 N–H and O–H groups in total. The van der Waals surface area contributed by atoms with E-state index in [9.17, 15) is 9.18 Å². The molecule has 0 fully saturated rings. The first-order chi connectivity index (χ1) is 10.4. The number of carbonyl (C=O) groups is 1. The Bertz CT molecular complexity index is 775. The second kappa shape index (κ2) is 6.15. The Balaban J connectivity index is 2.57. The average Bonchev–Trinajstić information content (AvgIpc) is 2.48. The molecule has 0 aliphatic rings. The van der Waals surface area contributed by atoms with Crippen LogP contribution in [-0.2, 0) is 0 Å². The van der Waals surface area contributed by atoms with Gasteiger partial charge in [-0.1, -0.05) is 11.6 Å². The molecule has 0 unspecified atom stereocenters. The third-order valence-electron chi connectivity index (χ3n) is 3.21. The molecule has 0 spiro atoms. The number of nitrogens with zero attached hydrogens (tertiary/aromatic N) is 1. The molecule has 22 heavy (non-hydrogen) atoms. The van der Waals surface area contributed by atoms with Crippen molar-refractivity contribution >= 4 is 35.5 Å². The zero-order valence-corrected chi connectivity index (χ0v) is 12.9. The smallest absolute Gasteiger partial charge is 0.183 e. The Hall–Kier alpha value is -2.40. The maximum atomic E-state index is 13.9. The van der Waals surface area contributed by atoms with Gasteiger partial charge in [0.2, 0.25) is 0 Å². The van der Waals surface area contributed by atoms with Crippen LogP contribution in [0.25, 0.3) is 0 Å². The number of nitrogen functional groups attached to an aromatic ring is 1. The molecular weight excluding hydrogens is 307 g/mol. The van der Waals surface area contributed by atoms with E-state index >= 15 is 0 Å². The summed E-state index contributed by atoms with van der Waals surface area (Å²) in [7, 11) is 0. The Morgan fingerprint density at radius 2 is 2.05 bits per heavy atom. The van der Waals surface area contributed by atoms with Crippen LogP contribution < -0.4 is 10.5 Å². The summed E-state index contributed by atoms with van der Waals surface area (Å²) in [4.78, 5) is 15.6. The molecule has 0 bridgehead atoms. The number of carbonyl (C=O) groups excluding carboxylic acids is 1. The first-order valence-electron chi connectivity index (χ1n) is 6.39. The van der Waals surface area contributed by atoms with Crippen molar-refractivity contribution in [2.75, 3.05) is 5.73 Å². The average molecular weight is 321 g/mol. The number of aliphatic imine (C=N–C) groups is 1. The number of halogens is 2. The van der Waals surface area contributed by atoms with Crippen LogP contribution in [0.2, 0.25) is 5.02 Å². The van der Waals surface area contributed by atoms with Crippen molar-refractivity contribution in [2.24, 2.45) is 4.99 Å². The highest BCUT2D eigenvalue weighted by molar-refractivity contribution is 6.34. The van der Waals surface area contributed by atoms with Gasteiger partial charge in [0.1, 0.15) is 10.8 Å². The summed E-state index contributed by atoms with van der Waals surface area (Å²) >= 11 is 5.98. The lowest BCUT2D eigenvalue weighted by Crippen LogP contribution is -2.01. The summed E-state index contributed by atoms with van der Waals surface area (Å²) in [6.45, 7) is 6.52. The van der Waals surface area contributed by atoms with Crippen LogP contribution in [0.4, 0.5) is 15.8 Å². The molecule has 0 heterocycles. The Morgan fingerprint density at radius 1 is 1.36 bits per heavy atom. The zero-order chi connectivity index (χ0) is 16.4. The minimum Gasteiger partial charge on any atom is -0.452 e. The fourth-order valence-corrected chi connectivity index (χ4v) is 2.31. The predicted octanol–water partition coefficient (Wildman–Crippen LogP) is 4.70. The monoisotopic (exact) mass is 320 g/mol. The Morgan fingerprint density at radius 3 is 2.64 bits per heavy atom. The van der Waals surface area contributed by atoms with Gasteiger partial charge in [0.05, 0.1) is 11.4 Å². The number of Topliss-reactive ketones (excluding diaryl/α,β-unsaturated/α-hetero) is 1. The van der Waals surface area contributed by atoms with E-state index in [4.69, 9.17) is 22.1 Å². The standard InChI is InChI=1S/C16H14ClFN2O2/c1-8-13(7-6-12(20-3)14(8)9(2)21)22-16-10(18)4-5-11(19)15(16)17/h4-7H,3,19H2,1-2H3. The SMILES string of the molecule is C=Nc1ccc(Oc2c(F)ccc(N)c2Cl)c(C)c1C(C)=O. The van der Waals surface area contributed by atoms with Crippen molar-refractivity contribution in [3.63, 3.8) is 0 Å². The van der Waals surface area contributed by atoms with Gasteiger partial charge < -0.3 is 10.5 Å². The minimum atomic E-state index is -0.645. The molecule has 6 heteroatoms. The maximum absolute atomic E-state index is 13.9. The number of anilines is 1. The summed E-state index contributed by atoms with van der Waals surface area (Å²) in [5, 5.41) is -0.0188. The van der Waals surface area contributed by atoms with Crippen molar-refractivity contribution in [3.8, 4) is 11.5 Å². The van der Waals surface area contributed by atoms with Crippen LogP contribution in [0.5, 0.6) is 11.5 Å². The van der Waals surface area contributed by atoms with E-state index in [0.717, 1.165) is 6.07 Å². The summed E-state index contributed by atoms with van der Waals surface area (Å²) in [6.07, 6.45) is 0. The van der Waals surface area contributed by atoms with E-state index in [-0.39, 0.29) is 22.2 Å². The van der Waals surface area contributed by atoms with Crippen LogP contribution in [-0.4, -0.2) is 12.5 Å². The molecule has 0 atom stereocenters. The fourth-order valence-electron chi connectivity index (χ4n) is 2.12. The highest BCUT2D eigenvalue weighted by Gasteiger charge is 2.18. The van der Waals surface area contributed by atoms with Gasteiger partial charge in [-0.05, 0) is 44.8 Å². The molecule has 114 valence electrons. The van der Waals surface area contributed by atoms with Crippen LogP contribution in [0.15, 0.2) is 29.3 Å². The van der Waals surface area contributed by atoms with E-state index in [1.54, 1.807) is 19.1 Å². The number of rotatable bonds is 4. The van der Waals surface area contributed by atoms with Gasteiger partial charge in [-0.2, -0.15) is 0 Å². The summed E-state index contributed by atoms with van der Waals surface area (Å²) in [5.74, 6) is -0.721. The topological polar surface area (TPSA) is 64.7 Å². The largest absolute Gasteiger partial charge is 0.452 e. The van der Waals surface area contributed by atoms with Gasteiger partial charge in [0, 0.05) is 11.1 Å². The van der Waals surface area contributed by atoms with Crippen molar-refractivity contribution < 1.29 is 13.9 Å². The summed E-state index contributed by atoms with van der Waals surface area (Å²) in [5.41, 5.74) is 7.18. The zero-order valence-electron chi connectivity index (χ0n) is 12.1. The lowest BCUT2D eigenvalue weighted by molar-refractivity contribution is 0.101. The van der Waals surface area contributed by atoms with Gasteiger partial charge in [0.25, 0.3) is 0 Å². The molecule has 2 rings (SSSR count). The molecule has 0 aromatic heterocycles. The second-order valence-corrected chi connectivity index (χ2v) is 5.06. The first-order valence-corrected chi connectivity index (χ1v) is 6.77. The van der Waals surface area contributed by atoms with Gasteiger partial charge in [0.15, 0.2) is 17.3 Å². The molecule has 2 aromatic rings. The van der Waals surface area contributed by atoms with Crippen LogP contribution in [0.1, 0.15) is 22.8 Å². The molecule has 0 amide bonds. The number of ketones is 1. The third-order valence-corrected chi connectivity index (χ3v) is 3.60. The predicted molar refractivity (Wildman–Crippen MR) is 86.3 cm³/mol. The van der Waals surface area contributed by atoms with E-state index in [0.29, 0.717) is 22.6 Å². The quantitative estimate of drug-likeness (QED) is 0.504. The summed E-state index contributed by atoms with van der Waals surface area (Å²) in [6, 6.07) is 5.66. The van der Waals surface area contributed by atoms with Crippen LogP contribution in [0.3, 0.4) is 0 Å². The van der Waals surface area contributed by atoms with Crippen LogP contribution in [0, 0.1) is 12.7 Å². The highest BCUT2D eigenvalue weighted by atomic mass is 35.5. The van der Waals surface area contributed by atoms with Crippen molar-refractivity contribution in [1.82, 2.24) is 0 Å². The second-order valence-electron chi connectivity index (χ2n) is 4.68. The van der Waals surface area contributed by atoms with Gasteiger partial charge in [-0.15, -0.1) is 0 Å². The first kappa shape index (κ1) is 16.0. The van der Waals surface area contributed by atoms with Gasteiger partial charge in [-0.3, -0.25) is 9.79 Å². The fraction of sp³-hybridized carbons (Fsp3) is 0.125. The normalized spacial score (nSPS) is 10.4. The minimum absolute atomic E-state index is 0.0188. The van der Waals surface area contributed by atoms with Crippen molar-refractivity contribution in [1.29, 1.82) is 0 Å². The third kappa shape index (κ3) is 2.80. The number of ether oxygens (including phenoxy) is 1. The van der Waals surface area contributed by atoms with E-state index in [1.165, 1.54) is 13.0 Å². The highest BCUT2D eigenvalue weighted by Crippen LogP contribution is 2.39. The Labute approximate surface area is 132 Å². The molecular formula is C16H14ClFN2O2. The molecule has 0 aliphatic carbocycles. The molecule has 2 aromatic carbocycles. The lowest BCUT2D eigenvalue weighted by Gasteiger charge is -2.15. The molecule has 0 aliphatic heterocycles. The van der Waals surface area contributed by atoms with Crippen molar-refractivity contribution in [2.45, 2.75) is 13.8 Å². The Kier molecular flexibility index (Phi) is 4.47. The lowest BCUT2D eigenvalue weighted by atomic mass is 10.0.